The van der Waals surface area contributed by atoms with Crippen LogP contribution in [0.3, 0.4) is 0 Å². The van der Waals surface area contributed by atoms with E-state index in [1.807, 2.05) is 0 Å². The number of rotatable bonds is 13. The van der Waals surface area contributed by atoms with Crippen LogP contribution in [0.1, 0.15) is 47.0 Å². The summed E-state index contributed by atoms with van der Waals surface area (Å²) < 4.78 is 6.61. The van der Waals surface area contributed by atoms with Gasteiger partial charge in [0.25, 0.3) is 0 Å². The third kappa shape index (κ3) is 7.47. The number of hydrogen-bond acceptors (Lipinski definition) is 8. The van der Waals surface area contributed by atoms with E-state index in [0.717, 1.165) is 40.7 Å². The predicted molar refractivity (Wildman–Crippen MR) is 119 cm³/mol. The van der Waals surface area contributed by atoms with Crippen molar-refractivity contribution in [3.8, 4) is 0 Å². The Morgan fingerprint density at radius 1 is 1.23 bits per heavy atom. The molecule has 2 aromatic heterocycles. The Kier molecular flexibility index (Phi) is 9.85. The number of ether oxygens (including phenoxy) is 1. The first-order valence-corrected chi connectivity index (χ1v) is 11.5. The van der Waals surface area contributed by atoms with E-state index in [0.29, 0.717) is 25.6 Å². The monoisotopic (exact) mass is 436 g/mol. The molecule has 0 bridgehead atoms. The molecule has 0 aliphatic rings. The zero-order valence-electron chi connectivity index (χ0n) is 18.2. The minimum Gasteiger partial charge on any atom is -0.466 e. The van der Waals surface area contributed by atoms with Gasteiger partial charge in [-0.25, -0.2) is 14.6 Å². The van der Waals surface area contributed by atoms with Gasteiger partial charge >= 0.3 is 5.97 Å². The zero-order valence-corrected chi connectivity index (χ0v) is 19.0. The van der Waals surface area contributed by atoms with Crippen molar-refractivity contribution in [1.82, 2.24) is 25.1 Å². The minimum absolute atomic E-state index is 0.0838. The summed E-state index contributed by atoms with van der Waals surface area (Å²) in [7, 11) is 0. The molecule has 0 spiro atoms. The summed E-state index contributed by atoms with van der Waals surface area (Å²) in [5, 5.41) is 12.2. The highest BCUT2D eigenvalue weighted by atomic mass is 32.2. The quantitative estimate of drug-likeness (QED) is 0.280. The van der Waals surface area contributed by atoms with Gasteiger partial charge in [-0.1, -0.05) is 32.5 Å². The SMILES string of the molecule is CCCSc1nc(NCC(C)C)c2cnn(CCNC(=O)CCC(=O)OCC)c2n1. The van der Waals surface area contributed by atoms with Crippen molar-refractivity contribution in [2.45, 2.75) is 58.7 Å². The summed E-state index contributed by atoms with van der Waals surface area (Å²) in [6.45, 7) is 10.2. The van der Waals surface area contributed by atoms with Crippen molar-refractivity contribution < 1.29 is 14.3 Å². The fraction of sp³-hybridized carbons (Fsp3) is 0.650. The van der Waals surface area contributed by atoms with E-state index in [1.165, 1.54) is 0 Å². The molecule has 0 aromatic carbocycles. The fourth-order valence-electron chi connectivity index (χ4n) is 2.63. The van der Waals surface area contributed by atoms with E-state index in [4.69, 9.17) is 4.74 Å². The van der Waals surface area contributed by atoms with Crippen LogP contribution in [0.4, 0.5) is 5.82 Å². The average molecular weight is 437 g/mol. The molecular formula is C20H32N6O3S. The lowest BCUT2D eigenvalue weighted by atomic mass is 10.2. The molecular weight excluding hydrogens is 404 g/mol. The molecule has 0 radical (unpaired) electrons. The van der Waals surface area contributed by atoms with Crippen molar-refractivity contribution in [2.24, 2.45) is 5.92 Å². The Balaban J connectivity index is 2.03. The molecule has 1 amide bonds. The number of anilines is 1. The Labute approximate surface area is 181 Å². The number of carbonyl (C=O) groups is 2. The molecule has 0 atom stereocenters. The number of esters is 1. The van der Waals surface area contributed by atoms with Crippen molar-refractivity contribution in [3.05, 3.63) is 6.20 Å². The predicted octanol–water partition coefficient (Wildman–Crippen LogP) is 2.86. The smallest absolute Gasteiger partial charge is 0.306 e. The van der Waals surface area contributed by atoms with Gasteiger partial charge in [0.15, 0.2) is 10.8 Å². The number of carbonyl (C=O) groups excluding carboxylic acids is 2. The second-order valence-electron chi connectivity index (χ2n) is 7.24. The molecule has 166 valence electrons. The Hall–Kier alpha value is -2.36. The number of hydrogen-bond donors (Lipinski definition) is 2. The van der Waals surface area contributed by atoms with Crippen LogP contribution in [0.15, 0.2) is 11.4 Å². The van der Waals surface area contributed by atoms with Gasteiger partial charge in [-0.2, -0.15) is 5.10 Å². The molecule has 0 aliphatic heterocycles. The zero-order chi connectivity index (χ0) is 21.9. The second-order valence-corrected chi connectivity index (χ2v) is 8.30. The van der Waals surface area contributed by atoms with Gasteiger partial charge in [-0.3, -0.25) is 9.59 Å². The van der Waals surface area contributed by atoms with Crippen LogP contribution in [0.5, 0.6) is 0 Å². The van der Waals surface area contributed by atoms with Crippen LogP contribution >= 0.6 is 11.8 Å². The standard InChI is InChI=1S/C20H32N6O3S/c1-5-11-30-20-24-18(22-12-14(3)4)15-13-23-26(19(15)25-20)10-9-21-16(27)7-8-17(28)29-6-2/h13-14H,5-12H2,1-4H3,(H,21,27)(H,22,24,25). The van der Waals surface area contributed by atoms with E-state index >= 15 is 0 Å². The molecule has 0 fully saturated rings. The highest BCUT2D eigenvalue weighted by Crippen LogP contribution is 2.25. The van der Waals surface area contributed by atoms with Gasteiger partial charge in [0.2, 0.25) is 5.91 Å². The van der Waals surface area contributed by atoms with Crippen LogP contribution < -0.4 is 10.6 Å². The number of nitrogens with zero attached hydrogens (tertiary/aromatic N) is 4. The molecule has 10 heteroatoms. The van der Waals surface area contributed by atoms with Crippen molar-refractivity contribution in [3.63, 3.8) is 0 Å². The molecule has 2 heterocycles. The summed E-state index contributed by atoms with van der Waals surface area (Å²) >= 11 is 1.62. The Bertz CT molecular complexity index is 839. The third-order valence-electron chi connectivity index (χ3n) is 4.10. The topological polar surface area (TPSA) is 111 Å². The van der Waals surface area contributed by atoms with E-state index in [-0.39, 0.29) is 24.7 Å². The fourth-order valence-corrected chi connectivity index (χ4v) is 3.32. The van der Waals surface area contributed by atoms with E-state index < -0.39 is 0 Å². The van der Waals surface area contributed by atoms with Gasteiger partial charge in [0.1, 0.15) is 5.82 Å². The average Bonchev–Trinajstić information content (AvgIpc) is 3.12. The lowest BCUT2D eigenvalue weighted by Crippen LogP contribution is -2.28. The normalized spacial score (nSPS) is 11.1. The summed E-state index contributed by atoms with van der Waals surface area (Å²) in [6, 6.07) is 0. The number of thioether (sulfide) groups is 1. The van der Waals surface area contributed by atoms with Gasteiger partial charge in [0.05, 0.1) is 31.2 Å². The largest absolute Gasteiger partial charge is 0.466 e. The highest BCUT2D eigenvalue weighted by molar-refractivity contribution is 7.99. The molecule has 2 rings (SSSR count). The Morgan fingerprint density at radius 2 is 2.03 bits per heavy atom. The van der Waals surface area contributed by atoms with Gasteiger partial charge in [-0.05, 0) is 19.3 Å². The van der Waals surface area contributed by atoms with Crippen LogP contribution in [0, 0.1) is 5.92 Å². The van der Waals surface area contributed by atoms with Crippen LogP contribution in [-0.4, -0.2) is 57.1 Å². The van der Waals surface area contributed by atoms with E-state index in [1.54, 1.807) is 29.6 Å². The maximum Gasteiger partial charge on any atom is 0.306 e. The molecule has 2 aromatic rings. The summed E-state index contributed by atoms with van der Waals surface area (Å²) in [6.07, 6.45) is 3.00. The number of nitrogens with one attached hydrogen (secondary N) is 2. The minimum atomic E-state index is -0.360. The molecule has 9 nitrogen and oxygen atoms in total. The molecule has 0 aliphatic carbocycles. The second kappa shape index (κ2) is 12.4. The van der Waals surface area contributed by atoms with Crippen molar-refractivity contribution in [2.75, 3.05) is 30.8 Å². The molecule has 0 saturated carbocycles. The van der Waals surface area contributed by atoms with Gasteiger partial charge < -0.3 is 15.4 Å². The van der Waals surface area contributed by atoms with Crippen LogP contribution in [0.25, 0.3) is 11.0 Å². The third-order valence-corrected chi connectivity index (χ3v) is 5.15. The summed E-state index contributed by atoms with van der Waals surface area (Å²) in [5.74, 6) is 1.67. The van der Waals surface area contributed by atoms with Gasteiger partial charge in [-0.15, -0.1) is 0 Å². The van der Waals surface area contributed by atoms with E-state index in [9.17, 15) is 9.59 Å². The first-order chi connectivity index (χ1) is 14.4. The van der Waals surface area contributed by atoms with E-state index in [2.05, 4.69) is 46.5 Å². The number of aromatic nitrogens is 4. The van der Waals surface area contributed by atoms with Crippen molar-refractivity contribution in [1.29, 1.82) is 0 Å². The summed E-state index contributed by atoms with van der Waals surface area (Å²) in [5.41, 5.74) is 0.746. The molecule has 0 unspecified atom stereocenters. The molecule has 2 N–H and O–H groups in total. The van der Waals surface area contributed by atoms with Crippen LogP contribution in [0.2, 0.25) is 0 Å². The number of fused-ring (bicyclic) bond motifs is 1. The lowest BCUT2D eigenvalue weighted by molar-refractivity contribution is -0.144. The van der Waals surface area contributed by atoms with Crippen LogP contribution in [-0.2, 0) is 20.9 Å². The first kappa shape index (κ1) is 23.9. The first-order valence-electron chi connectivity index (χ1n) is 10.5. The Morgan fingerprint density at radius 3 is 2.73 bits per heavy atom. The molecule has 30 heavy (non-hydrogen) atoms. The van der Waals surface area contributed by atoms with Crippen molar-refractivity contribution >= 4 is 40.5 Å². The maximum atomic E-state index is 11.9. The number of amides is 1. The summed E-state index contributed by atoms with van der Waals surface area (Å²) in [4.78, 5) is 32.6. The maximum absolute atomic E-state index is 11.9. The highest BCUT2D eigenvalue weighted by Gasteiger charge is 2.14. The van der Waals surface area contributed by atoms with Gasteiger partial charge in [0, 0.05) is 25.3 Å². The molecule has 0 saturated heterocycles. The lowest BCUT2D eigenvalue weighted by Gasteiger charge is -2.11.